The van der Waals surface area contributed by atoms with Crippen molar-refractivity contribution in [3.05, 3.63) is 15.6 Å². The Balaban J connectivity index is 2.06. The normalized spacial score (nSPS) is 23.6. The fourth-order valence-corrected chi connectivity index (χ4v) is 3.43. The molecule has 2 unspecified atom stereocenters. The molecular formula is C14H23N3OS. The van der Waals surface area contributed by atoms with Crippen molar-refractivity contribution < 1.29 is 4.79 Å². The summed E-state index contributed by atoms with van der Waals surface area (Å²) in [6.07, 6.45) is 2.66. The summed E-state index contributed by atoms with van der Waals surface area (Å²) in [5, 5.41) is 4.10. The molecule has 0 aromatic carbocycles. The highest BCUT2D eigenvalue weighted by Crippen LogP contribution is 2.29. The lowest BCUT2D eigenvalue weighted by Gasteiger charge is -2.25. The number of rotatable bonds is 3. The van der Waals surface area contributed by atoms with Crippen molar-refractivity contribution in [1.29, 1.82) is 0 Å². The monoisotopic (exact) mass is 281 g/mol. The van der Waals surface area contributed by atoms with Crippen LogP contribution in [0.15, 0.2) is 0 Å². The van der Waals surface area contributed by atoms with Crippen LogP contribution in [0.4, 0.5) is 0 Å². The third-order valence-electron chi connectivity index (χ3n) is 3.84. The first-order valence-corrected chi connectivity index (χ1v) is 7.63. The zero-order valence-corrected chi connectivity index (χ0v) is 12.9. The van der Waals surface area contributed by atoms with Crippen molar-refractivity contribution >= 4 is 17.2 Å². The van der Waals surface area contributed by atoms with Crippen molar-refractivity contribution in [1.82, 2.24) is 10.3 Å². The number of nitrogens with zero attached hydrogens (tertiary/aromatic N) is 1. The number of aryl methyl sites for hydroxylation is 2. The highest BCUT2D eigenvalue weighted by Gasteiger charge is 2.33. The third-order valence-corrected chi connectivity index (χ3v) is 5.24. The van der Waals surface area contributed by atoms with Crippen LogP contribution in [-0.4, -0.2) is 16.9 Å². The summed E-state index contributed by atoms with van der Waals surface area (Å²) < 4.78 is 0. The average Bonchev–Trinajstić information content (AvgIpc) is 2.86. The minimum Gasteiger partial charge on any atom is -0.344 e. The van der Waals surface area contributed by atoms with Gasteiger partial charge in [-0.05, 0) is 47.0 Å². The van der Waals surface area contributed by atoms with E-state index in [9.17, 15) is 4.79 Å². The molecule has 1 aromatic heterocycles. The number of thiazole rings is 1. The summed E-state index contributed by atoms with van der Waals surface area (Å²) in [5.74, 6) is 0.180. The Bertz CT molecular complexity index is 462. The number of nitrogens with one attached hydrogen (secondary N) is 1. The van der Waals surface area contributed by atoms with E-state index in [1.807, 2.05) is 20.8 Å². The van der Waals surface area contributed by atoms with Gasteiger partial charge in [0.25, 0.3) is 0 Å². The van der Waals surface area contributed by atoms with Gasteiger partial charge < -0.3 is 11.1 Å². The molecular weight excluding hydrogens is 258 g/mol. The van der Waals surface area contributed by atoms with Gasteiger partial charge in [-0.15, -0.1) is 11.3 Å². The first-order chi connectivity index (χ1) is 8.79. The molecule has 1 aliphatic carbocycles. The van der Waals surface area contributed by atoms with Crippen LogP contribution in [0.1, 0.15) is 48.7 Å². The maximum absolute atomic E-state index is 12.3. The Morgan fingerprint density at radius 2 is 2.11 bits per heavy atom. The Kier molecular flexibility index (Phi) is 3.97. The molecule has 1 aliphatic rings. The second-order valence-corrected chi connectivity index (χ2v) is 7.25. The highest BCUT2D eigenvalue weighted by molar-refractivity contribution is 7.11. The van der Waals surface area contributed by atoms with Gasteiger partial charge in [0, 0.05) is 16.8 Å². The Morgan fingerprint density at radius 3 is 2.58 bits per heavy atom. The van der Waals surface area contributed by atoms with E-state index in [0.29, 0.717) is 0 Å². The van der Waals surface area contributed by atoms with Crippen LogP contribution in [0.5, 0.6) is 0 Å². The number of carbonyl (C=O) groups excluding carboxylic acids is 1. The van der Waals surface area contributed by atoms with Crippen LogP contribution in [0, 0.1) is 19.8 Å². The lowest BCUT2D eigenvalue weighted by Crippen LogP contribution is -2.43. The van der Waals surface area contributed by atoms with Gasteiger partial charge in [0.1, 0.15) is 5.01 Å². The molecule has 1 saturated carbocycles. The first-order valence-electron chi connectivity index (χ1n) is 6.81. The van der Waals surface area contributed by atoms with Crippen LogP contribution >= 0.6 is 11.3 Å². The predicted octanol–water partition coefficient (Wildman–Crippen LogP) is 2.24. The van der Waals surface area contributed by atoms with E-state index < -0.39 is 5.54 Å². The number of hydrogen-bond acceptors (Lipinski definition) is 4. The van der Waals surface area contributed by atoms with E-state index in [1.54, 1.807) is 11.3 Å². The summed E-state index contributed by atoms with van der Waals surface area (Å²) in [6.45, 7) is 8.09. The van der Waals surface area contributed by atoms with E-state index in [4.69, 9.17) is 5.73 Å². The van der Waals surface area contributed by atoms with Crippen LogP contribution in [-0.2, 0) is 10.3 Å². The first kappa shape index (κ1) is 14.5. The average molecular weight is 281 g/mol. The Labute approximate surface area is 118 Å². The van der Waals surface area contributed by atoms with Crippen LogP contribution < -0.4 is 11.1 Å². The lowest BCUT2D eigenvalue weighted by molar-refractivity contribution is -0.126. The number of nitrogens with two attached hydrogens (primary N) is 1. The van der Waals surface area contributed by atoms with Crippen LogP contribution in [0.2, 0.25) is 0 Å². The summed E-state index contributed by atoms with van der Waals surface area (Å²) in [6, 6.07) is 0.184. The smallest absolute Gasteiger partial charge is 0.223 e. The summed E-state index contributed by atoms with van der Waals surface area (Å²) >= 11 is 1.66. The molecule has 1 heterocycles. The maximum Gasteiger partial charge on any atom is 0.223 e. The summed E-state index contributed by atoms with van der Waals surface area (Å²) in [4.78, 5) is 18.0. The largest absolute Gasteiger partial charge is 0.344 e. The third kappa shape index (κ3) is 3.15. The van der Waals surface area contributed by atoms with E-state index in [0.717, 1.165) is 30.0 Å². The Morgan fingerprint density at radius 1 is 1.42 bits per heavy atom. The van der Waals surface area contributed by atoms with Gasteiger partial charge in [-0.3, -0.25) is 4.79 Å². The van der Waals surface area contributed by atoms with Crippen molar-refractivity contribution in [2.45, 2.75) is 58.5 Å². The van der Waals surface area contributed by atoms with Gasteiger partial charge in [0.05, 0.1) is 11.2 Å². The molecule has 3 N–H and O–H groups in total. The fraction of sp³-hybridized carbons (Fsp3) is 0.714. The van der Waals surface area contributed by atoms with E-state index in [2.05, 4.69) is 17.2 Å². The predicted molar refractivity (Wildman–Crippen MR) is 78.1 cm³/mol. The molecule has 0 saturated heterocycles. The molecule has 0 bridgehead atoms. The van der Waals surface area contributed by atoms with Crippen molar-refractivity contribution in [2.75, 3.05) is 0 Å². The summed E-state index contributed by atoms with van der Waals surface area (Å²) in [7, 11) is 0. The molecule has 19 heavy (non-hydrogen) atoms. The minimum atomic E-state index is -0.409. The molecule has 1 aromatic rings. The van der Waals surface area contributed by atoms with Crippen molar-refractivity contribution in [3.8, 4) is 0 Å². The molecule has 2 rings (SSSR count). The highest BCUT2D eigenvalue weighted by atomic mass is 32.1. The molecule has 5 heteroatoms. The second kappa shape index (κ2) is 5.21. The number of amides is 1. The molecule has 0 spiro atoms. The second-order valence-electron chi connectivity index (χ2n) is 6.04. The van der Waals surface area contributed by atoms with Crippen molar-refractivity contribution in [2.24, 2.45) is 11.7 Å². The van der Waals surface area contributed by atoms with Gasteiger partial charge in [0.15, 0.2) is 0 Å². The van der Waals surface area contributed by atoms with Crippen molar-refractivity contribution in [3.63, 3.8) is 0 Å². The zero-order chi connectivity index (χ0) is 14.2. The minimum absolute atomic E-state index is 0.0661. The van der Waals surface area contributed by atoms with Gasteiger partial charge in [-0.1, -0.05) is 0 Å². The molecule has 0 radical (unpaired) electrons. The molecule has 4 nitrogen and oxygen atoms in total. The number of carbonyl (C=O) groups is 1. The Hall–Kier alpha value is -0.940. The van der Waals surface area contributed by atoms with Gasteiger partial charge in [-0.25, -0.2) is 4.98 Å². The molecule has 2 atom stereocenters. The van der Waals surface area contributed by atoms with Crippen LogP contribution in [0.25, 0.3) is 0 Å². The van der Waals surface area contributed by atoms with E-state index >= 15 is 0 Å². The van der Waals surface area contributed by atoms with E-state index in [1.165, 1.54) is 4.88 Å². The standard InChI is InChI=1S/C14H23N3OS/c1-8-9(2)19-13(16-8)14(3,4)17-12(18)10-5-6-11(15)7-10/h10-11H,5-7,15H2,1-4H3,(H,17,18). The molecule has 0 aliphatic heterocycles. The van der Waals surface area contributed by atoms with Crippen LogP contribution in [0.3, 0.4) is 0 Å². The maximum atomic E-state index is 12.3. The molecule has 1 fully saturated rings. The van der Waals surface area contributed by atoms with E-state index in [-0.39, 0.29) is 17.9 Å². The van der Waals surface area contributed by atoms with Gasteiger partial charge in [-0.2, -0.15) is 0 Å². The lowest BCUT2D eigenvalue weighted by atomic mass is 10.0. The van der Waals surface area contributed by atoms with Gasteiger partial charge in [0.2, 0.25) is 5.91 Å². The van der Waals surface area contributed by atoms with Gasteiger partial charge >= 0.3 is 0 Å². The molecule has 106 valence electrons. The quantitative estimate of drug-likeness (QED) is 0.893. The molecule has 1 amide bonds. The topological polar surface area (TPSA) is 68.0 Å². The SMILES string of the molecule is Cc1nc(C(C)(C)NC(=O)C2CCC(N)C2)sc1C. The number of aromatic nitrogens is 1. The number of hydrogen-bond donors (Lipinski definition) is 2. The fourth-order valence-electron chi connectivity index (χ4n) is 2.46. The summed E-state index contributed by atoms with van der Waals surface area (Å²) in [5.41, 5.74) is 6.51. The zero-order valence-electron chi connectivity index (χ0n) is 12.1.